The Hall–Kier alpha value is -1.79. The van der Waals surface area contributed by atoms with Crippen molar-refractivity contribution < 1.29 is 19.5 Å². The number of nitrogens with two attached hydrogens (primary N) is 1. The molecule has 90 valence electrons. The van der Waals surface area contributed by atoms with Crippen LogP contribution >= 0.6 is 0 Å². The second-order valence-corrected chi connectivity index (χ2v) is 3.64. The van der Waals surface area contributed by atoms with E-state index in [2.05, 4.69) is 5.32 Å². The Balaban J connectivity index is 2.41. The van der Waals surface area contributed by atoms with Gasteiger partial charge in [0.15, 0.2) is 0 Å². The van der Waals surface area contributed by atoms with Crippen molar-refractivity contribution in [2.75, 3.05) is 13.1 Å². The van der Waals surface area contributed by atoms with Gasteiger partial charge < -0.3 is 21.1 Å². The first-order valence-corrected chi connectivity index (χ1v) is 5.08. The highest BCUT2D eigenvalue weighted by atomic mass is 16.4. The lowest BCUT2D eigenvalue weighted by Gasteiger charge is -2.21. The molecule has 3 amide bonds. The summed E-state index contributed by atoms with van der Waals surface area (Å²) >= 11 is 0. The van der Waals surface area contributed by atoms with Crippen LogP contribution in [0.1, 0.15) is 19.3 Å². The van der Waals surface area contributed by atoms with E-state index >= 15 is 0 Å². The lowest BCUT2D eigenvalue weighted by Crippen LogP contribution is -2.46. The van der Waals surface area contributed by atoms with Crippen molar-refractivity contribution in [2.24, 2.45) is 5.73 Å². The number of hydrogen-bond donors (Lipinski definition) is 3. The smallest absolute Gasteiger partial charge is 0.326 e. The van der Waals surface area contributed by atoms with E-state index in [1.165, 1.54) is 4.90 Å². The van der Waals surface area contributed by atoms with E-state index in [1.807, 2.05) is 0 Å². The Morgan fingerprint density at radius 1 is 1.44 bits per heavy atom. The zero-order valence-electron chi connectivity index (χ0n) is 8.81. The van der Waals surface area contributed by atoms with Crippen LogP contribution in [0.5, 0.6) is 0 Å². The minimum absolute atomic E-state index is 0.0529. The van der Waals surface area contributed by atoms with E-state index in [4.69, 9.17) is 10.8 Å². The number of amides is 3. The number of carboxylic acid groups (broad SMARTS) is 1. The SMILES string of the molecule is NC(=O)CCNC(=O)N1CCCC1C(=O)O. The molecule has 0 aromatic heterocycles. The monoisotopic (exact) mass is 229 g/mol. The van der Waals surface area contributed by atoms with Crippen LogP contribution in [0.15, 0.2) is 0 Å². The van der Waals surface area contributed by atoms with Gasteiger partial charge in [0.2, 0.25) is 5.91 Å². The molecule has 1 rings (SSSR count). The summed E-state index contributed by atoms with van der Waals surface area (Å²) in [6.07, 6.45) is 1.20. The van der Waals surface area contributed by atoms with E-state index in [0.717, 1.165) is 0 Å². The van der Waals surface area contributed by atoms with Crippen LogP contribution in [0.2, 0.25) is 0 Å². The number of carbonyl (C=O) groups excluding carboxylic acids is 2. The van der Waals surface area contributed by atoms with Crippen molar-refractivity contribution >= 4 is 17.9 Å². The van der Waals surface area contributed by atoms with E-state index < -0.39 is 23.9 Å². The summed E-state index contributed by atoms with van der Waals surface area (Å²) in [4.78, 5) is 34.0. The van der Waals surface area contributed by atoms with Gasteiger partial charge in [-0.1, -0.05) is 0 Å². The van der Waals surface area contributed by atoms with Gasteiger partial charge in [0.1, 0.15) is 6.04 Å². The van der Waals surface area contributed by atoms with Gasteiger partial charge in [-0.2, -0.15) is 0 Å². The van der Waals surface area contributed by atoms with Crippen LogP contribution in [-0.4, -0.2) is 47.0 Å². The normalized spacial score (nSPS) is 19.5. The predicted octanol–water partition coefficient (Wildman–Crippen LogP) is -0.880. The van der Waals surface area contributed by atoms with Crippen molar-refractivity contribution in [3.63, 3.8) is 0 Å². The van der Waals surface area contributed by atoms with Crippen molar-refractivity contribution in [1.29, 1.82) is 0 Å². The Bertz CT molecular complexity index is 305. The highest BCUT2D eigenvalue weighted by Crippen LogP contribution is 2.17. The summed E-state index contributed by atoms with van der Waals surface area (Å²) in [6.45, 7) is 0.566. The Morgan fingerprint density at radius 2 is 2.12 bits per heavy atom. The summed E-state index contributed by atoms with van der Waals surface area (Å²) in [5, 5.41) is 11.3. The third-order valence-electron chi connectivity index (χ3n) is 2.45. The van der Waals surface area contributed by atoms with Crippen LogP contribution in [0, 0.1) is 0 Å². The molecule has 1 heterocycles. The number of carboxylic acids is 1. The minimum atomic E-state index is -0.998. The van der Waals surface area contributed by atoms with Gasteiger partial charge in [-0.25, -0.2) is 9.59 Å². The number of aliphatic carboxylic acids is 1. The number of urea groups is 1. The molecule has 0 aromatic carbocycles. The average molecular weight is 229 g/mol. The molecule has 0 radical (unpaired) electrons. The van der Waals surface area contributed by atoms with Crippen LogP contribution in [0.25, 0.3) is 0 Å². The third kappa shape index (κ3) is 3.11. The number of hydrogen-bond acceptors (Lipinski definition) is 3. The topological polar surface area (TPSA) is 113 Å². The molecule has 7 nitrogen and oxygen atoms in total. The second-order valence-electron chi connectivity index (χ2n) is 3.64. The number of likely N-dealkylation sites (tertiary alicyclic amines) is 1. The third-order valence-corrected chi connectivity index (χ3v) is 2.45. The zero-order chi connectivity index (χ0) is 12.1. The quantitative estimate of drug-likeness (QED) is 0.581. The largest absolute Gasteiger partial charge is 0.480 e. The van der Waals surface area contributed by atoms with E-state index in [0.29, 0.717) is 19.4 Å². The first kappa shape index (κ1) is 12.3. The first-order valence-electron chi connectivity index (χ1n) is 5.08. The molecule has 0 saturated carbocycles. The molecule has 1 fully saturated rings. The molecule has 0 aliphatic carbocycles. The fourth-order valence-corrected chi connectivity index (χ4v) is 1.66. The lowest BCUT2D eigenvalue weighted by atomic mass is 10.2. The molecule has 7 heteroatoms. The molecular formula is C9H15N3O4. The standard InChI is InChI=1S/C9H15N3O4/c10-7(13)3-4-11-9(16)12-5-1-2-6(12)8(14)15/h6H,1-5H2,(H2,10,13)(H,11,16)(H,14,15). The molecule has 0 bridgehead atoms. The molecule has 4 N–H and O–H groups in total. The highest BCUT2D eigenvalue weighted by molar-refractivity contribution is 5.83. The molecule has 1 aliphatic rings. The van der Waals surface area contributed by atoms with Crippen molar-refractivity contribution in [2.45, 2.75) is 25.3 Å². The van der Waals surface area contributed by atoms with Crippen LogP contribution < -0.4 is 11.1 Å². The zero-order valence-corrected chi connectivity index (χ0v) is 8.81. The lowest BCUT2D eigenvalue weighted by molar-refractivity contribution is -0.141. The van der Waals surface area contributed by atoms with Gasteiger partial charge in [0.25, 0.3) is 0 Å². The molecule has 0 aromatic rings. The molecule has 16 heavy (non-hydrogen) atoms. The molecule has 1 atom stereocenters. The molecule has 0 spiro atoms. The Morgan fingerprint density at radius 3 is 2.69 bits per heavy atom. The predicted molar refractivity (Wildman–Crippen MR) is 54.6 cm³/mol. The number of nitrogens with zero attached hydrogens (tertiary/aromatic N) is 1. The van der Waals surface area contributed by atoms with Crippen molar-refractivity contribution in [1.82, 2.24) is 10.2 Å². The number of carbonyl (C=O) groups is 3. The van der Waals surface area contributed by atoms with Crippen LogP contribution in [-0.2, 0) is 9.59 Å². The maximum Gasteiger partial charge on any atom is 0.326 e. The van der Waals surface area contributed by atoms with Gasteiger partial charge >= 0.3 is 12.0 Å². The summed E-state index contributed by atoms with van der Waals surface area (Å²) < 4.78 is 0. The first-order chi connectivity index (χ1) is 7.52. The van der Waals surface area contributed by atoms with E-state index in [1.54, 1.807) is 0 Å². The Kier molecular flexibility index (Phi) is 4.10. The number of nitrogens with one attached hydrogen (secondary N) is 1. The fraction of sp³-hybridized carbons (Fsp3) is 0.667. The maximum absolute atomic E-state index is 11.5. The van der Waals surface area contributed by atoms with Gasteiger partial charge in [0.05, 0.1) is 0 Å². The maximum atomic E-state index is 11.5. The van der Waals surface area contributed by atoms with Crippen LogP contribution in [0.3, 0.4) is 0 Å². The summed E-state index contributed by atoms with van der Waals surface area (Å²) in [6, 6.07) is -1.21. The molecule has 1 saturated heterocycles. The van der Waals surface area contributed by atoms with Gasteiger partial charge in [-0.3, -0.25) is 4.79 Å². The fourth-order valence-electron chi connectivity index (χ4n) is 1.66. The number of primary amides is 1. The second kappa shape index (κ2) is 5.34. The molecule has 1 unspecified atom stereocenters. The van der Waals surface area contributed by atoms with Gasteiger partial charge in [-0.05, 0) is 12.8 Å². The molecule has 1 aliphatic heterocycles. The average Bonchev–Trinajstić information content (AvgIpc) is 2.65. The van der Waals surface area contributed by atoms with E-state index in [9.17, 15) is 14.4 Å². The van der Waals surface area contributed by atoms with Crippen molar-refractivity contribution in [3.8, 4) is 0 Å². The van der Waals surface area contributed by atoms with Crippen molar-refractivity contribution in [3.05, 3.63) is 0 Å². The Labute approximate surface area is 92.6 Å². The van der Waals surface area contributed by atoms with Gasteiger partial charge in [-0.15, -0.1) is 0 Å². The van der Waals surface area contributed by atoms with Gasteiger partial charge in [0, 0.05) is 19.5 Å². The summed E-state index contributed by atoms with van der Waals surface area (Å²) in [5.74, 6) is -1.50. The van der Waals surface area contributed by atoms with E-state index in [-0.39, 0.29) is 13.0 Å². The summed E-state index contributed by atoms with van der Waals surface area (Å²) in [5.41, 5.74) is 4.91. The summed E-state index contributed by atoms with van der Waals surface area (Å²) in [7, 11) is 0. The molecular weight excluding hydrogens is 214 g/mol. The van der Waals surface area contributed by atoms with Crippen LogP contribution in [0.4, 0.5) is 4.79 Å². The minimum Gasteiger partial charge on any atom is -0.480 e. The highest BCUT2D eigenvalue weighted by Gasteiger charge is 2.33. The number of rotatable bonds is 4.